The van der Waals surface area contributed by atoms with Gasteiger partial charge in [0.05, 0.1) is 18.8 Å². The quantitative estimate of drug-likeness (QED) is 0.146. The van der Waals surface area contributed by atoms with E-state index >= 15 is 0 Å². The van der Waals surface area contributed by atoms with Crippen LogP contribution in [-0.2, 0) is 44.8 Å². The molecule has 1 fully saturated rings. The Kier molecular flexibility index (Phi) is 15.0. The number of thioether (sulfide) groups is 1. The van der Waals surface area contributed by atoms with Crippen LogP contribution in [0.15, 0.2) is 30.3 Å². The molecule has 1 aromatic rings. The summed E-state index contributed by atoms with van der Waals surface area (Å²) in [6.07, 6.45) is -0.722. The highest BCUT2D eigenvalue weighted by Crippen LogP contribution is 2.11. The lowest BCUT2D eigenvalue weighted by Crippen LogP contribution is -2.59. The first-order valence-corrected chi connectivity index (χ1v) is 15.7. The summed E-state index contributed by atoms with van der Waals surface area (Å²) in [4.78, 5) is 102. The highest BCUT2D eigenvalue weighted by molar-refractivity contribution is 8.00. The number of aliphatic carboxylic acids is 1. The summed E-state index contributed by atoms with van der Waals surface area (Å²) in [6.45, 7) is 2.25. The third-order valence-electron chi connectivity index (χ3n) is 6.81. The third kappa shape index (κ3) is 12.7. The maximum Gasteiger partial charge on any atom is 0.303 e. The molecular weight excluding hydrogens is 622 g/mol. The van der Waals surface area contributed by atoms with Gasteiger partial charge in [-0.05, 0) is 17.9 Å². The number of carbonyl (C=O) groups is 8. The average molecular weight is 664 g/mol. The van der Waals surface area contributed by atoms with Gasteiger partial charge in [0.25, 0.3) is 0 Å². The minimum Gasteiger partial charge on any atom is -0.481 e. The molecule has 2 rings (SSSR count). The van der Waals surface area contributed by atoms with Gasteiger partial charge in [0.1, 0.15) is 24.2 Å². The number of nitrogens with one attached hydrogen (secondary N) is 5. The molecule has 0 unspecified atom stereocenters. The fourth-order valence-corrected chi connectivity index (χ4v) is 5.28. The Morgan fingerprint density at radius 3 is 2.26 bits per heavy atom. The second-order valence-corrected chi connectivity index (χ2v) is 12.1. The normalized spacial score (nSPS) is 22.4. The lowest BCUT2D eigenvalue weighted by Gasteiger charge is -2.29. The molecule has 1 heterocycles. The van der Waals surface area contributed by atoms with Crippen molar-refractivity contribution in [1.82, 2.24) is 31.5 Å². The molecule has 1 aromatic carbocycles. The molecule has 252 valence electrons. The largest absolute Gasteiger partial charge is 0.481 e. The van der Waals surface area contributed by atoms with Crippen LogP contribution in [0.4, 0.5) is 0 Å². The van der Waals surface area contributed by atoms with E-state index in [1.807, 2.05) is 0 Å². The lowest BCUT2D eigenvalue weighted by atomic mass is 10.00. The SMILES string of the molecule is CC(C)[C@@H]1NC(=O)[C@H](Cc2ccccc2)NC(=O)CSC[C@@H](C(=O)NCC(N)=O)NC(=O)CN(C)C(=O)[C@H](CCC(=O)O)NC1=O. The molecular formula is C29H41N7O9S. The van der Waals surface area contributed by atoms with Crippen LogP contribution < -0.4 is 32.3 Å². The van der Waals surface area contributed by atoms with Gasteiger partial charge >= 0.3 is 5.97 Å². The summed E-state index contributed by atoms with van der Waals surface area (Å²) in [7, 11) is 1.26. The monoisotopic (exact) mass is 663 g/mol. The van der Waals surface area contributed by atoms with Crippen molar-refractivity contribution in [2.45, 2.75) is 57.3 Å². The molecule has 17 heteroatoms. The first-order valence-electron chi connectivity index (χ1n) is 14.5. The highest BCUT2D eigenvalue weighted by atomic mass is 32.2. The summed E-state index contributed by atoms with van der Waals surface area (Å²) < 4.78 is 0. The van der Waals surface area contributed by atoms with E-state index in [9.17, 15) is 43.5 Å². The van der Waals surface area contributed by atoms with E-state index in [-0.39, 0.29) is 24.3 Å². The van der Waals surface area contributed by atoms with Crippen LogP contribution in [0.25, 0.3) is 0 Å². The molecule has 4 atom stereocenters. The summed E-state index contributed by atoms with van der Waals surface area (Å²) in [5, 5.41) is 21.8. The molecule has 46 heavy (non-hydrogen) atoms. The molecule has 0 aromatic heterocycles. The number of carboxylic acid groups (broad SMARTS) is 1. The van der Waals surface area contributed by atoms with E-state index in [1.54, 1.807) is 44.2 Å². The number of amides is 7. The molecule has 7 amide bonds. The van der Waals surface area contributed by atoms with Gasteiger partial charge in [0, 0.05) is 25.6 Å². The van der Waals surface area contributed by atoms with Crippen molar-refractivity contribution in [2.24, 2.45) is 11.7 Å². The Morgan fingerprint density at radius 2 is 1.65 bits per heavy atom. The van der Waals surface area contributed by atoms with Gasteiger partial charge in [0.2, 0.25) is 41.4 Å². The zero-order valence-electron chi connectivity index (χ0n) is 25.9. The Morgan fingerprint density at radius 1 is 0.978 bits per heavy atom. The van der Waals surface area contributed by atoms with Crippen LogP contribution in [0.5, 0.6) is 0 Å². The van der Waals surface area contributed by atoms with Crippen molar-refractivity contribution in [1.29, 1.82) is 0 Å². The van der Waals surface area contributed by atoms with Gasteiger partial charge in [-0.2, -0.15) is 0 Å². The number of hydrogen-bond donors (Lipinski definition) is 7. The number of nitrogens with zero attached hydrogens (tertiary/aromatic N) is 1. The van der Waals surface area contributed by atoms with Crippen LogP contribution >= 0.6 is 11.8 Å². The molecule has 0 aliphatic carbocycles. The van der Waals surface area contributed by atoms with E-state index in [4.69, 9.17) is 5.73 Å². The van der Waals surface area contributed by atoms with E-state index in [0.717, 1.165) is 22.2 Å². The van der Waals surface area contributed by atoms with Crippen LogP contribution in [0, 0.1) is 5.92 Å². The van der Waals surface area contributed by atoms with Crippen molar-refractivity contribution < 1.29 is 43.5 Å². The number of hydrogen-bond acceptors (Lipinski definition) is 9. The number of primary amides is 1. The third-order valence-corrected chi connectivity index (χ3v) is 7.84. The zero-order valence-corrected chi connectivity index (χ0v) is 26.7. The van der Waals surface area contributed by atoms with Gasteiger partial charge in [-0.25, -0.2) is 0 Å². The maximum absolute atomic E-state index is 13.5. The topological polar surface area (TPSA) is 246 Å². The van der Waals surface area contributed by atoms with Crippen molar-refractivity contribution in [3.05, 3.63) is 35.9 Å². The van der Waals surface area contributed by atoms with E-state index < -0.39 is 96.9 Å². The number of nitrogens with two attached hydrogens (primary N) is 1. The Labute approximate surface area is 270 Å². The number of rotatable bonds is 9. The van der Waals surface area contributed by atoms with Crippen LogP contribution in [0.1, 0.15) is 32.3 Å². The zero-order chi connectivity index (χ0) is 34.4. The Hall–Kier alpha value is -4.67. The van der Waals surface area contributed by atoms with Gasteiger partial charge in [0.15, 0.2) is 0 Å². The molecule has 1 saturated heterocycles. The van der Waals surface area contributed by atoms with E-state index in [1.165, 1.54) is 7.05 Å². The molecule has 0 bridgehead atoms. The van der Waals surface area contributed by atoms with Gasteiger partial charge in [-0.1, -0.05) is 44.2 Å². The predicted molar refractivity (Wildman–Crippen MR) is 167 cm³/mol. The minimum absolute atomic E-state index is 0.0776. The van der Waals surface area contributed by atoms with Gasteiger partial charge in [-0.3, -0.25) is 38.4 Å². The van der Waals surface area contributed by atoms with Gasteiger partial charge in [-0.15, -0.1) is 11.8 Å². The molecule has 1 aliphatic rings. The first-order chi connectivity index (χ1) is 21.7. The number of benzene rings is 1. The average Bonchev–Trinajstić information content (AvgIpc) is 2.98. The number of carboxylic acids is 1. The highest BCUT2D eigenvalue weighted by Gasteiger charge is 2.33. The molecule has 0 radical (unpaired) electrons. The summed E-state index contributed by atoms with van der Waals surface area (Å²) in [5.41, 5.74) is 5.82. The molecule has 1 aliphatic heterocycles. The summed E-state index contributed by atoms with van der Waals surface area (Å²) in [6, 6.07) is 3.94. The van der Waals surface area contributed by atoms with Crippen LogP contribution in [-0.4, -0.2) is 113 Å². The first kappa shape index (κ1) is 37.5. The van der Waals surface area contributed by atoms with Gasteiger partial charge < -0.3 is 42.3 Å². The predicted octanol–water partition coefficient (Wildman–Crippen LogP) is -2.50. The molecule has 8 N–H and O–H groups in total. The van der Waals surface area contributed by atoms with Crippen LogP contribution in [0.3, 0.4) is 0 Å². The van der Waals surface area contributed by atoms with Crippen molar-refractivity contribution in [2.75, 3.05) is 31.6 Å². The summed E-state index contributed by atoms with van der Waals surface area (Å²) in [5.74, 6) is -7.18. The number of carbonyl (C=O) groups excluding carboxylic acids is 7. The fraction of sp³-hybridized carbons (Fsp3) is 0.517. The fourth-order valence-electron chi connectivity index (χ4n) is 4.42. The van der Waals surface area contributed by atoms with Crippen molar-refractivity contribution in [3.8, 4) is 0 Å². The maximum atomic E-state index is 13.5. The second kappa shape index (κ2) is 18.3. The minimum atomic E-state index is -1.37. The van der Waals surface area contributed by atoms with E-state index in [0.29, 0.717) is 0 Å². The second-order valence-electron chi connectivity index (χ2n) is 11.0. The number of likely N-dealkylation sites (N-methyl/N-ethyl adjacent to an activating group) is 1. The Bertz CT molecular complexity index is 1290. The Balaban J connectivity index is 2.45. The van der Waals surface area contributed by atoms with Crippen molar-refractivity contribution in [3.63, 3.8) is 0 Å². The van der Waals surface area contributed by atoms with E-state index in [2.05, 4.69) is 26.6 Å². The standard InChI is InChI=1S/C29H41N7O9S/c1-16(2)25-28(44)34-18(9-10-24(40)41)29(45)36(3)13-22(38)33-20(26(42)31-12-21(30)37)14-46-15-23(39)32-19(27(43)35-25)11-17-7-5-4-6-8-17/h4-8,16,18-20,25H,9-15H2,1-3H3,(H2,30,37)(H,31,42)(H,32,39)(H,33,38)(H,34,44)(H,35,43)(H,40,41)/t18-,19-,20-,25-/m0/s1. The summed E-state index contributed by atoms with van der Waals surface area (Å²) >= 11 is 0.968. The van der Waals surface area contributed by atoms with Crippen LogP contribution in [0.2, 0.25) is 0 Å². The molecule has 0 spiro atoms. The van der Waals surface area contributed by atoms with Crippen molar-refractivity contribution >= 4 is 59.1 Å². The lowest BCUT2D eigenvalue weighted by molar-refractivity contribution is -0.141. The molecule has 16 nitrogen and oxygen atoms in total. The molecule has 0 saturated carbocycles. The smallest absolute Gasteiger partial charge is 0.303 e.